The van der Waals surface area contributed by atoms with Gasteiger partial charge in [-0.15, -0.1) is 0 Å². The minimum Gasteiger partial charge on any atom is -0.459 e. The fourth-order valence-corrected chi connectivity index (χ4v) is 3.48. The molecule has 3 atom stereocenters. The molecular weight excluding hydrogens is 228 g/mol. The van der Waals surface area contributed by atoms with E-state index in [0.717, 1.165) is 6.42 Å². The summed E-state index contributed by atoms with van der Waals surface area (Å²) < 4.78 is 11.2. The van der Waals surface area contributed by atoms with Crippen LogP contribution in [0.2, 0.25) is 0 Å². The van der Waals surface area contributed by atoms with Gasteiger partial charge in [0, 0.05) is 12.3 Å². The average molecular weight is 252 g/mol. The fourth-order valence-electron chi connectivity index (χ4n) is 3.48. The van der Waals surface area contributed by atoms with E-state index in [1.807, 2.05) is 13.0 Å². The second-order valence-electron chi connectivity index (χ2n) is 6.48. The van der Waals surface area contributed by atoms with E-state index in [1.54, 1.807) is 0 Å². The molecule has 0 spiro atoms. The highest BCUT2D eigenvalue weighted by Gasteiger charge is 2.73. The van der Waals surface area contributed by atoms with E-state index in [-0.39, 0.29) is 28.7 Å². The molecule has 2 aliphatic rings. The van der Waals surface area contributed by atoms with Crippen LogP contribution in [0.4, 0.5) is 0 Å². The van der Waals surface area contributed by atoms with Gasteiger partial charge in [-0.2, -0.15) is 0 Å². The van der Waals surface area contributed by atoms with E-state index in [9.17, 15) is 4.79 Å². The van der Waals surface area contributed by atoms with Crippen LogP contribution in [-0.4, -0.2) is 23.3 Å². The Bertz CT molecular complexity index is 385. The Labute approximate surface area is 110 Å². The Morgan fingerprint density at radius 3 is 2.56 bits per heavy atom. The molecule has 0 unspecified atom stereocenters. The first-order chi connectivity index (χ1) is 8.22. The molecule has 0 bridgehead atoms. The lowest BCUT2D eigenvalue weighted by atomic mass is 9.64. The maximum absolute atomic E-state index is 10.9. The molecule has 1 aliphatic carbocycles. The lowest BCUT2D eigenvalue weighted by Crippen LogP contribution is -2.41. The molecule has 0 aromatic carbocycles. The quantitative estimate of drug-likeness (QED) is 0.440. The van der Waals surface area contributed by atoms with E-state index < -0.39 is 0 Å². The Kier molecular flexibility index (Phi) is 3.09. The number of ether oxygens (including phenoxy) is 2. The first-order valence-electron chi connectivity index (χ1n) is 6.79. The highest BCUT2D eigenvalue weighted by molar-refractivity contribution is 5.66. The van der Waals surface area contributed by atoms with Crippen molar-refractivity contribution in [2.45, 2.75) is 71.2 Å². The third-order valence-corrected chi connectivity index (χ3v) is 4.55. The van der Waals surface area contributed by atoms with Crippen molar-refractivity contribution < 1.29 is 14.3 Å². The van der Waals surface area contributed by atoms with Crippen molar-refractivity contribution in [3.8, 4) is 0 Å². The predicted molar refractivity (Wildman–Crippen MR) is 70.2 cm³/mol. The third-order valence-electron chi connectivity index (χ3n) is 4.55. The molecule has 0 aromatic heterocycles. The van der Waals surface area contributed by atoms with Crippen LogP contribution in [0.25, 0.3) is 0 Å². The SMILES string of the molecule is CC(=O)O[C@@H](C)C=C[C@]12O[C@@]1(C)CCCC2(C)C. The van der Waals surface area contributed by atoms with Gasteiger partial charge in [0.05, 0.1) is 5.60 Å². The molecule has 2 rings (SSSR count). The van der Waals surface area contributed by atoms with Gasteiger partial charge < -0.3 is 9.47 Å². The van der Waals surface area contributed by atoms with Crippen LogP contribution in [0.3, 0.4) is 0 Å². The second-order valence-corrected chi connectivity index (χ2v) is 6.48. The van der Waals surface area contributed by atoms with Gasteiger partial charge in [0.2, 0.25) is 0 Å². The number of epoxide rings is 1. The predicted octanol–water partition coefficient (Wildman–Crippen LogP) is 3.23. The van der Waals surface area contributed by atoms with Gasteiger partial charge in [-0.3, -0.25) is 4.79 Å². The van der Waals surface area contributed by atoms with E-state index in [2.05, 4.69) is 26.8 Å². The van der Waals surface area contributed by atoms with Gasteiger partial charge in [-0.1, -0.05) is 13.8 Å². The molecule has 0 amide bonds. The van der Waals surface area contributed by atoms with E-state index >= 15 is 0 Å². The van der Waals surface area contributed by atoms with Crippen molar-refractivity contribution in [3.63, 3.8) is 0 Å². The second kappa shape index (κ2) is 4.09. The Balaban J connectivity index is 2.12. The van der Waals surface area contributed by atoms with Gasteiger partial charge in [0.1, 0.15) is 11.7 Å². The first kappa shape index (κ1) is 13.6. The number of esters is 1. The van der Waals surface area contributed by atoms with Gasteiger partial charge >= 0.3 is 5.97 Å². The average Bonchev–Trinajstić information content (AvgIpc) is 2.82. The van der Waals surface area contributed by atoms with Crippen LogP contribution >= 0.6 is 0 Å². The summed E-state index contributed by atoms with van der Waals surface area (Å²) in [5.41, 5.74) is -0.0553. The highest BCUT2D eigenvalue weighted by atomic mass is 16.6. The lowest BCUT2D eigenvalue weighted by molar-refractivity contribution is -0.143. The molecule has 1 aliphatic heterocycles. The maximum Gasteiger partial charge on any atom is 0.303 e. The fraction of sp³-hybridized carbons (Fsp3) is 0.800. The third kappa shape index (κ3) is 1.99. The molecule has 0 radical (unpaired) electrons. The summed E-state index contributed by atoms with van der Waals surface area (Å²) in [5, 5.41) is 0. The summed E-state index contributed by atoms with van der Waals surface area (Å²) in [6.07, 6.45) is 7.40. The summed E-state index contributed by atoms with van der Waals surface area (Å²) >= 11 is 0. The van der Waals surface area contributed by atoms with Crippen LogP contribution in [0.15, 0.2) is 12.2 Å². The zero-order valence-electron chi connectivity index (χ0n) is 12.1. The lowest BCUT2D eigenvalue weighted by Gasteiger charge is -2.36. The maximum atomic E-state index is 10.9. The number of rotatable bonds is 3. The van der Waals surface area contributed by atoms with Gasteiger partial charge in [0.15, 0.2) is 0 Å². The van der Waals surface area contributed by atoms with Crippen molar-refractivity contribution in [1.82, 2.24) is 0 Å². The van der Waals surface area contributed by atoms with Crippen LogP contribution in [-0.2, 0) is 14.3 Å². The van der Waals surface area contributed by atoms with E-state index in [0.29, 0.717) is 0 Å². The molecule has 1 saturated heterocycles. The Morgan fingerprint density at radius 1 is 1.33 bits per heavy atom. The monoisotopic (exact) mass is 252 g/mol. The number of hydrogen-bond donors (Lipinski definition) is 0. The van der Waals surface area contributed by atoms with Crippen LogP contribution in [0.5, 0.6) is 0 Å². The Morgan fingerprint density at radius 2 is 2.00 bits per heavy atom. The van der Waals surface area contributed by atoms with Crippen molar-refractivity contribution >= 4 is 5.97 Å². The van der Waals surface area contributed by atoms with Crippen LogP contribution in [0, 0.1) is 5.41 Å². The summed E-state index contributed by atoms with van der Waals surface area (Å²) in [4.78, 5) is 10.9. The van der Waals surface area contributed by atoms with Crippen LogP contribution in [0.1, 0.15) is 53.9 Å². The standard InChI is InChI=1S/C15H24O3/c1-11(17-12(2)16)7-10-15-13(3,4)8-6-9-14(15,5)18-15/h7,10-11H,6,8-9H2,1-5H3/t11-,14-,15+/m0/s1. The van der Waals surface area contributed by atoms with E-state index in [4.69, 9.17) is 9.47 Å². The molecule has 3 nitrogen and oxygen atoms in total. The molecule has 2 fully saturated rings. The van der Waals surface area contributed by atoms with Crippen molar-refractivity contribution in [1.29, 1.82) is 0 Å². The molecule has 0 aromatic rings. The largest absolute Gasteiger partial charge is 0.459 e. The van der Waals surface area contributed by atoms with Crippen molar-refractivity contribution in [3.05, 3.63) is 12.2 Å². The minimum absolute atomic E-state index is 0.0266. The summed E-state index contributed by atoms with van der Waals surface area (Å²) in [6, 6.07) is 0. The molecule has 0 N–H and O–H groups in total. The van der Waals surface area contributed by atoms with E-state index in [1.165, 1.54) is 19.8 Å². The first-order valence-corrected chi connectivity index (χ1v) is 6.79. The normalized spacial score (nSPS) is 39.2. The smallest absolute Gasteiger partial charge is 0.303 e. The molecule has 102 valence electrons. The molecule has 3 heteroatoms. The van der Waals surface area contributed by atoms with Crippen molar-refractivity contribution in [2.75, 3.05) is 0 Å². The van der Waals surface area contributed by atoms with Crippen molar-refractivity contribution in [2.24, 2.45) is 5.41 Å². The van der Waals surface area contributed by atoms with Gasteiger partial charge in [0.25, 0.3) is 0 Å². The zero-order valence-corrected chi connectivity index (χ0v) is 12.1. The number of fused-ring (bicyclic) bond motifs is 1. The molecule has 18 heavy (non-hydrogen) atoms. The molecule has 1 heterocycles. The number of hydrogen-bond acceptors (Lipinski definition) is 3. The van der Waals surface area contributed by atoms with Crippen LogP contribution < -0.4 is 0 Å². The Hall–Kier alpha value is -0.830. The number of carbonyl (C=O) groups excluding carboxylic acids is 1. The topological polar surface area (TPSA) is 38.8 Å². The summed E-state index contributed by atoms with van der Waals surface area (Å²) in [6.45, 7) is 10.0. The molecule has 1 saturated carbocycles. The summed E-state index contributed by atoms with van der Waals surface area (Å²) in [5.74, 6) is -0.243. The molecular formula is C15H24O3. The van der Waals surface area contributed by atoms with Gasteiger partial charge in [-0.25, -0.2) is 0 Å². The van der Waals surface area contributed by atoms with Gasteiger partial charge in [-0.05, 0) is 45.3 Å². The zero-order chi connectivity index (χ0) is 13.6. The summed E-state index contributed by atoms with van der Waals surface area (Å²) in [7, 11) is 0. The number of carbonyl (C=O) groups is 1. The highest BCUT2D eigenvalue weighted by Crippen LogP contribution is 2.65. The minimum atomic E-state index is -0.243.